The first-order valence-corrected chi connectivity index (χ1v) is 8.01. The van der Waals surface area contributed by atoms with Gasteiger partial charge in [0.05, 0.1) is 5.69 Å². The molecule has 0 radical (unpaired) electrons. The van der Waals surface area contributed by atoms with Crippen molar-refractivity contribution < 1.29 is 14.6 Å². The van der Waals surface area contributed by atoms with E-state index in [2.05, 4.69) is 11.9 Å². The summed E-state index contributed by atoms with van der Waals surface area (Å²) >= 11 is 1.29. The molecule has 4 nitrogen and oxygen atoms in total. The molecule has 2 rings (SSSR count). The second kappa shape index (κ2) is 5.82. The van der Waals surface area contributed by atoms with Crippen LogP contribution in [0.3, 0.4) is 0 Å². The molecule has 1 aliphatic rings. The van der Waals surface area contributed by atoms with Gasteiger partial charge in [-0.2, -0.15) is 0 Å². The van der Waals surface area contributed by atoms with Crippen molar-refractivity contribution >= 4 is 17.3 Å². The largest absolute Gasteiger partial charge is 0.477 e. The van der Waals surface area contributed by atoms with Crippen molar-refractivity contribution in [1.82, 2.24) is 4.98 Å². The van der Waals surface area contributed by atoms with Gasteiger partial charge in [0.25, 0.3) is 0 Å². The average molecular weight is 297 g/mol. The number of carboxylic acids is 1. The zero-order chi connectivity index (χ0) is 14.9. The third-order valence-electron chi connectivity index (χ3n) is 4.13. The molecule has 112 valence electrons. The maximum Gasteiger partial charge on any atom is 0.347 e. The molecule has 5 heteroatoms. The fourth-order valence-electron chi connectivity index (χ4n) is 3.04. The van der Waals surface area contributed by atoms with Crippen LogP contribution in [0.2, 0.25) is 0 Å². The fourth-order valence-corrected chi connectivity index (χ4v) is 4.31. The van der Waals surface area contributed by atoms with E-state index in [9.17, 15) is 9.90 Å². The number of aromatic carboxylic acids is 1. The van der Waals surface area contributed by atoms with Crippen molar-refractivity contribution in [2.75, 3.05) is 7.11 Å². The Bertz CT molecular complexity index is 497. The van der Waals surface area contributed by atoms with Crippen LogP contribution in [0.25, 0.3) is 0 Å². The van der Waals surface area contributed by atoms with Crippen LogP contribution in [0, 0.1) is 5.92 Å². The van der Waals surface area contributed by atoms with Gasteiger partial charge in [-0.15, -0.1) is 11.3 Å². The van der Waals surface area contributed by atoms with Crippen molar-refractivity contribution in [2.24, 2.45) is 5.92 Å². The summed E-state index contributed by atoms with van der Waals surface area (Å²) in [5.41, 5.74) is 0.298. The van der Waals surface area contributed by atoms with E-state index in [1.807, 2.05) is 13.8 Å². The highest BCUT2D eigenvalue weighted by atomic mass is 32.1. The minimum atomic E-state index is -0.882. The molecule has 1 fully saturated rings. The van der Waals surface area contributed by atoms with E-state index in [0.29, 0.717) is 16.5 Å². The van der Waals surface area contributed by atoms with Crippen LogP contribution >= 0.6 is 11.3 Å². The van der Waals surface area contributed by atoms with E-state index in [4.69, 9.17) is 4.74 Å². The number of hydrogen-bond acceptors (Lipinski definition) is 4. The van der Waals surface area contributed by atoms with E-state index in [-0.39, 0.29) is 11.5 Å². The van der Waals surface area contributed by atoms with Crippen LogP contribution in [-0.4, -0.2) is 23.2 Å². The summed E-state index contributed by atoms with van der Waals surface area (Å²) in [7, 11) is 1.72. The van der Waals surface area contributed by atoms with Gasteiger partial charge in [-0.1, -0.05) is 27.2 Å². The lowest BCUT2D eigenvalue weighted by Crippen LogP contribution is -2.34. The van der Waals surface area contributed by atoms with Crippen LogP contribution < -0.4 is 0 Å². The van der Waals surface area contributed by atoms with Crippen molar-refractivity contribution in [2.45, 2.75) is 58.0 Å². The van der Waals surface area contributed by atoms with Crippen LogP contribution in [0.5, 0.6) is 0 Å². The Hall–Kier alpha value is -0.940. The molecule has 0 spiro atoms. The summed E-state index contributed by atoms with van der Waals surface area (Å²) in [6.45, 7) is 6.19. The highest BCUT2D eigenvalue weighted by Gasteiger charge is 2.40. The molecule has 1 saturated carbocycles. The first-order valence-electron chi connectivity index (χ1n) is 7.19. The number of rotatable bonds is 4. The number of methoxy groups -OCH3 is 1. The number of hydrogen-bond donors (Lipinski definition) is 1. The average Bonchev–Trinajstić information content (AvgIpc) is 2.84. The van der Waals surface area contributed by atoms with Gasteiger partial charge in [0.15, 0.2) is 0 Å². The zero-order valence-electron chi connectivity index (χ0n) is 12.6. The lowest BCUT2D eigenvalue weighted by Gasteiger charge is -2.37. The summed E-state index contributed by atoms with van der Waals surface area (Å²) < 4.78 is 5.82. The Balaban J connectivity index is 2.45. The molecule has 0 amide bonds. The summed E-state index contributed by atoms with van der Waals surface area (Å²) in [4.78, 5) is 16.4. The van der Waals surface area contributed by atoms with E-state index in [1.165, 1.54) is 17.8 Å². The first kappa shape index (κ1) is 15.4. The minimum Gasteiger partial charge on any atom is -0.477 e. The van der Waals surface area contributed by atoms with E-state index < -0.39 is 5.97 Å². The third kappa shape index (κ3) is 2.74. The lowest BCUT2D eigenvalue weighted by atomic mass is 9.79. The van der Waals surface area contributed by atoms with Crippen molar-refractivity contribution in [3.05, 3.63) is 15.6 Å². The number of carbonyl (C=O) groups is 1. The Morgan fingerprint density at radius 2 is 2.25 bits per heavy atom. The number of ether oxygens (including phenoxy) is 1. The fraction of sp³-hybridized carbons (Fsp3) is 0.733. The van der Waals surface area contributed by atoms with Crippen LogP contribution in [0.4, 0.5) is 0 Å². The Morgan fingerprint density at radius 1 is 1.55 bits per heavy atom. The predicted octanol–water partition coefficient (Wildman–Crippen LogP) is 4.02. The lowest BCUT2D eigenvalue weighted by molar-refractivity contribution is -0.0581. The highest BCUT2D eigenvalue weighted by Crippen LogP contribution is 2.45. The molecule has 0 aliphatic heterocycles. The maximum absolute atomic E-state index is 11.4. The molecule has 0 bridgehead atoms. The molecule has 0 aromatic carbocycles. The molecule has 1 aromatic rings. The number of nitrogens with zero attached hydrogens (tertiary/aromatic N) is 1. The van der Waals surface area contributed by atoms with E-state index in [0.717, 1.165) is 24.3 Å². The Morgan fingerprint density at radius 3 is 2.70 bits per heavy atom. The molecule has 1 aromatic heterocycles. The van der Waals surface area contributed by atoms with Gasteiger partial charge in [-0.05, 0) is 31.1 Å². The Kier molecular flexibility index (Phi) is 4.49. The highest BCUT2D eigenvalue weighted by molar-refractivity contribution is 7.13. The topological polar surface area (TPSA) is 59.4 Å². The predicted molar refractivity (Wildman–Crippen MR) is 79.5 cm³/mol. The normalized spacial score (nSPS) is 26.9. The molecular weight excluding hydrogens is 274 g/mol. The van der Waals surface area contributed by atoms with E-state index >= 15 is 0 Å². The molecule has 2 unspecified atom stereocenters. The number of thiazole rings is 1. The van der Waals surface area contributed by atoms with Crippen LogP contribution in [0.1, 0.15) is 72.7 Å². The van der Waals surface area contributed by atoms with Gasteiger partial charge in [0.2, 0.25) is 0 Å². The molecule has 1 N–H and O–H groups in total. The molecule has 0 saturated heterocycles. The summed E-state index contributed by atoms with van der Waals surface area (Å²) in [5.74, 6) is -0.183. The summed E-state index contributed by atoms with van der Waals surface area (Å²) in [5, 5.41) is 10.2. The van der Waals surface area contributed by atoms with Crippen molar-refractivity contribution in [1.29, 1.82) is 0 Å². The minimum absolute atomic E-state index is 0.112. The molecule has 1 heterocycles. The van der Waals surface area contributed by atoms with Crippen LogP contribution in [0.15, 0.2) is 0 Å². The van der Waals surface area contributed by atoms with E-state index in [1.54, 1.807) is 7.11 Å². The quantitative estimate of drug-likeness (QED) is 0.912. The SMILES string of the molecule is COC1(c2nc(C(C)C)c(C(=O)O)s2)CCCC(C)C1. The molecular formula is C15H23NO3S. The van der Waals surface area contributed by atoms with Gasteiger partial charge in [-0.25, -0.2) is 9.78 Å². The number of aromatic nitrogens is 1. The van der Waals surface area contributed by atoms with Gasteiger partial charge in [-0.3, -0.25) is 0 Å². The first-order chi connectivity index (χ1) is 9.39. The standard InChI is InChI=1S/C15H23NO3S/c1-9(2)11-12(13(17)18)20-14(16-11)15(19-4)7-5-6-10(3)8-15/h9-10H,5-8H2,1-4H3,(H,17,18). The maximum atomic E-state index is 11.4. The molecule has 2 atom stereocenters. The second-order valence-corrected chi connectivity index (χ2v) is 7.09. The van der Waals surface area contributed by atoms with Crippen LogP contribution in [-0.2, 0) is 10.3 Å². The van der Waals surface area contributed by atoms with Crippen molar-refractivity contribution in [3.8, 4) is 0 Å². The molecule has 1 aliphatic carbocycles. The summed E-state index contributed by atoms with van der Waals surface area (Å²) in [6, 6.07) is 0. The van der Waals surface area contributed by atoms with Gasteiger partial charge in [0, 0.05) is 7.11 Å². The monoisotopic (exact) mass is 297 g/mol. The van der Waals surface area contributed by atoms with Gasteiger partial charge >= 0.3 is 5.97 Å². The van der Waals surface area contributed by atoms with Gasteiger partial charge in [0.1, 0.15) is 15.5 Å². The summed E-state index contributed by atoms with van der Waals surface area (Å²) in [6.07, 6.45) is 4.17. The number of carboxylic acid groups (broad SMARTS) is 1. The second-order valence-electron chi connectivity index (χ2n) is 6.09. The Labute approximate surface area is 124 Å². The van der Waals surface area contributed by atoms with Gasteiger partial charge < -0.3 is 9.84 Å². The zero-order valence-corrected chi connectivity index (χ0v) is 13.4. The smallest absolute Gasteiger partial charge is 0.347 e. The molecule has 20 heavy (non-hydrogen) atoms. The third-order valence-corrected chi connectivity index (χ3v) is 5.38. The van der Waals surface area contributed by atoms with Crippen molar-refractivity contribution in [3.63, 3.8) is 0 Å².